The fourth-order valence-corrected chi connectivity index (χ4v) is 2.41. The van der Waals surface area contributed by atoms with E-state index in [1.807, 2.05) is 31.2 Å². The van der Waals surface area contributed by atoms with Crippen LogP contribution in [0.1, 0.15) is 13.3 Å². The van der Waals surface area contributed by atoms with Crippen LogP contribution in [0.2, 0.25) is 0 Å². The molecule has 0 unspecified atom stereocenters. The molecule has 0 fully saturated rings. The molecule has 0 saturated carbocycles. The first-order valence-corrected chi connectivity index (χ1v) is 7.87. The lowest BCUT2D eigenvalue weighted by Gasteiger charge is -2.14. The Morgan fingerprint density at radius 3 is 2.71 bits per heavy atom. The number of rotatable bonds is 5. The Morgan fingerprint density at radius 2 is 1.92 bits per heavy atom. The number of nitrogens with one attached hydrogen (secondary N) is 1. The first-order valence-electron chi connectivity index (χ1n) is 7.87. The predicted octanol–water partition coefficient (Wildman–Crippen LogP) is 2.86. The second kappa shape index (κ2) is 6.72. The number of nitrogens with zero attached hydrogens (tertiary/aromatic N) is 2. The van der Waals surface area contributed by atoms with Crippen molar-refractivity contribution in [2.24, 2.45) is 5.73 Å². The van der Waals surface area contributed by atoms with Crippen molar-refractivity contribution in [2.75, 3.05) is 11.9 Å². The molecular formula is C18H20N4O2. The smallest absolute Gasteiger partial charge is 0.166 e. The molecule has 3 aromatic rings. The van der Waals surface area contributed by atoms with Crippen molar-refractivity contribution in [1.82, 2.24) is 9.97 Å². The van der Waals surface area contributed by atoms with Crippen LogP contribution in [0.25, 0.3) is 22.3 Å². The van der Waals surface area contributed by atoms with Crippen molar-refractivity contribution in [1.29, 1.82) is 0 Å². The van der Waals surface area contributed by atoms with Gasteiger partial charge in [0.15, 0.2) is 5.82 Å². The number of phenolic OH excluding ortho intramolecular Hbond substituents is 2. The van der Waals surface area contributed by atoms with Crippen LogP contribution in [0.5, 0.6) is 11.5 Å². The summed E-state index contributed by atoms with van der Waals surface area (Å²) in [6.45, 7) is 2.61. The zero-order chi connectivity index (χ0) is 17.1. The summed E-state index contributed by atoms with van der Waals surface area (Å²) in [5.41, 5.74) is 7.11. The van der Waals surface area contributed by atoms with E-state index < -0.39 is 0 Å². The van der Waals surface area contributed by atoms with Crippen molar-refractivity contribution in [3.63, 3.8) is 0 Å². The van der Waals surface area contributed by atoms with Gasteiger partial charge in [-0.25, -0.2) is 9.97 Å². The first-order chi connectivity index (χ1) is 11.6. The second-order valence-corrected chi connectivity index (χ2v) is 5.66. The number of benzene rings is 2. The fourth-order valence-electron chi connectivity index (χ4n) is 2.41. The van der Waals surface area contributed by atoms with Gasteiger partial charge in [0.05, 0.1) is 11.1 Å². The van der Waals surface area contributed by atoms with Crippen LogP contribution >= 0.6 is 0 Å². The molecule has 1 aromatic heterocycles. The number of nitrogens with two attached hydrogens (primary N) is 1. The van der Waals surface area contributed by atoms with E-state index in [4.69, 9.17) is 5.73 Å². The number of hydrogen-bond donors (Lipinski definition) is 4. The summed E-state index contributed by atoms with van der Waals surface area (Å²) in [6, 6.07) is 11.9. The minimum atomic E-state index is 0.0132. The number of aromatic nitrogens is 2. The van der Waals surface area contributed by atoms with E-state index in [0.717, 1.165) is 17.3 Å². The van der Waals surface area contributed by atoms with Crippen LogP contribution < -0.4 is 11.1 Å². The third-order valence-electron chi connectivity index (χ3n) is 3.88. The molecule has 0 saturated heterocycles. The lowest BCUT2D eigenvalue weighted by molar-refractivity contribution is 0.461. The van der Waals surface area contributed by atoms with Gasteiger partial charge >= 0.3 is 0 Å². The third-order valence-corrected chi connectivity index (χ3v) is 3.88. The highest BCUT2D eigenvalue weighted by atomic mass is 16.3. The monoisotopic (exact) mass is 324 g/mol. The maximum Gasteiger partial charge on any atom is 0.166 e. The van der Waals surface area contributed by atoms with Crippen LogP contribution in [0.3, 0.4) is 0 Å². The van der Waals surface area contributed by atoms with E-state index in [2.05, 4.69) is 15.3 Å². The largest absolute Gasteiger partial charge is 0.508 e. The van der Waals surface area contributed by atoms with Crippen molar-refractivity contribution in [3.8, 4) is 22.9 Å². The molecule has 0 spiro atoms. The predicted molar refractivity (Wildman–Crippen MR) is 95.1 cm³/mol. The Balaban J connectivity index is 2.11. The maximum absolute atomic E-state index is 10.1. The van der Waals surface area contributed by atoms with E-state index in [-0.39, 0.29) is 17.5 Å². The van der Waals surface area contributed by atoms with Gasteiger partial charge in [0.2, 0.25) is 0 Å². The number of hydrogen-bond acceptors (Lipinski definition) is 6. The zero-order valence-electron chi connectivity index (χ0n) is 13.4. The van der Waals surface area contributed by atoms with Gasteiger partial charge in [-0.3, -0.25) is 0 Å². The fraction of sp³-hybridized carbons (Fsp3) is 0.222. The van der Waals surface area contributed by atoms with E-state index in [1.54, 1.807) is 0 Å². The molecule has 0 radical (unpaired) electrons. The van der Waals surface area contributed by atoms with E-state index in [1.165, 1.54) is 18.2 Å². The van der Waals surface area contributed by atoms with E-state index in [9.17, 15) is 10.2 Å². The Kier molecular flexibility index (Phi) is 4.48. The molecule has 5 N–H and O–H groups in total. The lowest BCUT2D eigenvalue weighted by Crippen LogP contribution is -2.28. The van der Waals surface area contributed by atoms with Gasteiger partial charge < -0.3 is 21.3 Å². The first kappa shape index (κ1) is 16.0. The molecule has 0 aliphatic rings. The quantitative estimate of drug-likeness (QED) is 0.538. The van der Waals surface area contributed by atoms with Crippen molar-refractivity contribution >= 4 is 16.7 Å². The van der Waals surface area contributed by atoms with Gasteiger partial charge in [0, 0.05) is 18.0 Å². The second-order valence-electron chi connectivity index (χ2n) is 5.66. The molecule has 1 atom stereocenters. The zero-order valence-corrected chi connectivity index (χ0v) is 13.4. The Morgan fingerprint density at radius 1 is 1.12 bits per heavy atom. The number of fused-ring (bicyclic) bond motifs is 1. The SMILES string of the molecule is CC[C@@H](N)CNc1nc(-c2cc(O)ccc2O)nc2ccccc12. The third kappa shape index (κ3) is 3.23. The highest BCUT2D eigenvalue weighted by Crippen LogP contribution is 2.32. The van der Waals surface area contributed by atoms with Crippen molar-refractivity contribution in [2.45, 2.75) is 19.4 Å². The highest BCUT2D eigenvalue weighted by Gasteiger charge is 2.13. The molecule has 24 heavy (non-hydrogen) atoms. The normalized spacial score (nSPS) is 12.2. The number of aromatic hydroxyl groups is 2. The number of para-hydroxylation sites is 1. The molecule has 6 heteroatoms. The number of phenols is 2. The van der Waals surface area contributed by atoms with Crippen LogP contribution in [-0.2, 0) is 0 Å². The molecule has 0 aliphatic carbocycles. The van der Waals surface area contributed by atoms with Crippen molar-refractivity contribution < 1.29 is 10.2 Å². The topological polar surface area (TPSA) is 104 Å². The number of anilines is 1. The van der Waals surface area contributed by atoms with Gasteiger partial charge in [-0.15, -0.1) is 0 Å². The molecule has 0 bridgehead atoms. The van der Waals surface area contributed by atoms with Crippen LogP contribution in [0, 0.1) is 0 Å². The molecule has 124 valence electrons. The summed E-state index contributed by atoms with van der Waals surface area (Å²) in [7, 11) is 0. The summed E-state index contributed by atoms with van der Waals surface area (Å²) in [5, 5.41) is 23.9. The van der Waals surface area contributed by atoms with Gasteiger partial charge in [0.25, 0.3) is 0 Å². The minimum Gasteiger partial charge on any atom is -0.508 e. The molecule has 1 heterocycles. The molecule has 0 amide bonds. The van der Waals surface area contributed by atoms with Gasteiger partial charge in [-0.2, -0.15) is 0 Å². The van der Waals surface area contributed by atoms with E-state index in [0.29, 0.717) is 23.8 Å². The lowest BCUT2D eigenvalue weighted by atomic mass is 10.1. The van der Waals surface area contributed by atoms with Crippen LogP contribution in [0.15, 0.2) is 42.5 Å². The standard InChI is InChI=1S/C18H20N4O2/c1-2-11(19)10-20-17-13-5-3-4-6-15(13)21-18(22-17)14-9-12(23)7-8-16(14)24/h3-9,11,23-24H,2,10,19H2,1H3,(H,20,21,22)/t11-/m1/s1. The average molecular weight is 324 g/mol. The summed E-state index contributed by atoms with van der Waals surface area (Å²) < 4.78 is 0. The summed E-state index contributed by atoms with van der Waals surface area (Å²) in [5.74, 6) is 1.05. The summed E-state index contributed by atoms with van der Waals surface area (Å²) >= 11 is 0. The molecule has 0 aliphatic heterocycles. The minimum absolute atomic E-state index is 0.0132. The molecular weight excluding hydrogens is 304 g/mol. The van der Waals surface area contributed by atoms with Gasteiger partial charge in [-0.05, 0) is 36.8 Å². The molecule has 2 aromatic carbocycles. The molecule has 6 nitrogen and oxygen atoms in total. The maximum atomic E-state index is 10.1. The molecule has 3 rings (SSSR count). The van der Waals surface area contributed by atoms with Crippen molar-refractivity contribution in [3.05, 3.63) is 42.5 Å². The van der Waals surface area contributed by atoms with Gasteiger partial charge in [0.1, 0.15) is 17.3 Å². The van der Waals surface area contributed by atoms with Gasteiger partial charge in [-0.1, -0.05) is 19.1 Å². The Hall–Kier alpha value is -2.86. The Labute approximate surface area is 140 Å². The summed E-state index contributed by atoms with van der Waals surface area (Å²) in [4.78, 5) is 9.03. The Bertz CT molecular complexity index is 867. The van der Waals surface area contributed by atoms with Crippen LogP contribution in [0.4, 0.5) is 5.82 Å². The highest BCUT2D eigenvalue weighted by molar-refractivity contribution is 5.91. The average Bonchev–Trinajstić information content (AvgIpc) is 2.61. The van der Waals surface area contributed by atoms with E-state index >= 15 is 0 Å². The van der Waals surface area contributed by atoms with Crippen LogP contribution in [-0.4, -0.2) is 32.8 Å². The summed E-state index contributed by atoms with van der Waals surface area (Å²) in [6.07, 6.45) is 0.857.